The standard InChI is InChI=1S/C16H21N7O2.H2/c1-9-20-13(23-25-9)4-5-18-15-19-8-10(7-17)14(22-15)21-11-6-12(24)16(11,2)3;/h8,11-12,24H,4-6H2,1-3H3,(H2,18,19,21,22);1H/t11-,12+;/m1./s1. The average Bonchev–Trinajstić information content (AvgIpc) is 3.00. The lowest BCUT2D eigenvalue weighted by Gasteiger charge is -2.49. The fourth-order valence-corrected chi connectivity index (χ4v) is 2.70. The summed E-state index contributed by atoms with van der Waals surface area (Å²) >= 11 is 0. The van der Waals surface area contributed by atoms with Crippen LogP contribution in [0, 0.1) is 23.7 Å². The monoisotopic (exact) mass is 345 g/mol. The molecule has 0 bridgehead atoms. The molecule has 0 saturated heterocycles. The van der Waals surface area contributed by atoms with Crippen LogP contribution in [0.4, 0.5) is 11.8 Å². The van der Waals surface area contributed by atoms with Crippen molar-refractivity contribution in [2.75, 3.05) is 17.2 Å². The van der Waals surface area contributed by atoms with Crippen LogP contribution >= 0.6 is 0 Å². The zero-order valence-corrected chi connectivity index (χ0v) is 14.4. The lowest BCUT2D eigenvalue weighted by atomic mass is 9.64. The molecule has 9 heteroatoms. The van der Waals surface area contributed by atoms with Crippen LogP contribution in [0.3, 0.4) is 0 Å². The maximum atomic E-state index is 9.86. The predicted octanol–water partition coefficient (Wildman–Crippen LogP) is 1.51. The van der Waals surface area contributed by atoms with Gasteiger partial charge >= 0.3 is 0 Å². The summed E-state index contributed by atoms with van der Waals surface area (Å²) in [6.07, 6.45) is 2.33. The minimum Gasteiger partial charge on any atom is -0.392 e. The first kappa shape index (κ1) is 17.1. The number of nitriles is 1. The minimum atomic E-state index is -0.353. The summed E-state index contributed by atoms with van der Waals surface area (Å²) in [5.41, 5.74) is 0.110. The molecule has 2 heterocycles. The van der Waals surface area contributed by atoms with Crippen LogP contribution in [-0.2, 0) is 6.42 Å². The maximum Gasteiger partial charge on any atom is 0.224 e. The third-order valence-electron chi connectivity index (χ3n) is 4.64. The second-order valence-corrected chi connectivity index (χ2v) is 6.74. The fourth-order valence-electron chi connectivity index (χ4n) is 2.70. The Morgan fingerprint density at radius 2 is 2.28 bits per heavy atom. The molecular weight excluding hydrogens is 322 g/mol. The number of nitrogens with one attached hydrogen (secondary N) is 2. The van der Waals surface area contributed by atoms with Gasteiger partial charge in [0.15, 0.2) is 5.82 Å². The van der Waals surface area contributed by atoms with E-state index in [0.717, 1.165) is 0 Å². The Balaban J connectivity index is 0.00000243. The third-order valence-corrected chi connectivity index (χ3v) is 4.64. The first-order chi connectivity index (χ1) is 11.9. The van der Waals surface area contributed by atoms with Crippen LogP contribution in [0.1, 0.15) is 39.0 Å². The molecule has 1 aliphatic carbocycles. The summed E-state index contributed by atoms with van der Waals surface area (Å²) < 4.78 is 4.92. The van der Waals surface area contributed by atoms with Gasteiger partial charge in [-0.05, 0) is 6.42 Å². The van der Waals surface area contributed by atoms with Gasteiger partial charge in [-0.1, -0.05) is 19.0 Å². The van der Waals surface area contributed by atoms with Crippen molar-refractivity contribution < 1.29 is 11.1 Å². The summed E-state index contributed by atoms with van der Waals surface area (Å²) in [7, 11) is 0. The molecule has 3 N–H and O–H groups in total. The van der Waals surface area contributed by atoms with E-state index in [2.05, 4.69) is 36.8 Å². The smallest absolute Gasteiger partial charge is 0.224 e. The number of aliphatic hydroxyl groups excluding tert-OH is 1. The molecule has 3 rings (SSSR count). The Bertz CT molecular complexity index is 802. The van der Waals surface area contributed by atoms with Crippen molar-refractivity contribution in [3.05, 3.63) is 23.5 Å². The van der Waals surface area contributed by atoms with Crippen molar-refractivity contribution in [3.63, 3.8) is 0 Å². The number of aliphatic hydroxyl groups is 1. The summed E-state index contributed by atoms with van der Waals surface area (Å²) in [6, 6.07) is 2.14. The van der Waals surface area contributed by atoms with Gasteiger partial charge in [-0.25, -0.2) is 4.98 Å². The average molecular weight is 345 g/mol. The molecule has 25 heavy (non-hydrogen) atoms. The van der Waals surface area contributed by atoms with Crippen LogP contribution in [-0.4, -0.2) is 43.9 Å². The molecule has 1 saturated carbocycles. The molecule has 0 aliphatic heterocycles. The van der Waals surface area contributed by atoms with Gasteiger partial charge in [-0.3, -0.25) is 0 Å². The second kappa shape index (κ2) is 6.64. The zero-order valence-electron chi connectivity index (χ0n) is 14.4. The molecular formula is C16H23N7O2. The van der Waals surface area contributed by atoms with Gasteiger partial charge in [0.2, 0.25) is 11.8 Å². The van der Waals surface area contributed by atoms with E-state index in [4.69, 9.17) is 4.52 Å². The molecule has 2 aromatic heterocycles. The number of rotatable bonds is 6. The van der Waals surface area contributed by atoms with E-state index in [0.29, 0.717) is 48.4 Å². The molecule has 1 aliphatic rings. The van der Waals surface area contributed by atoms with Gasteiger partial charge < -0.3 is 20.3 Å². The summed E-state index contributed by atoms with van der Waals surface area (Å²) in [5, 5.41) is 29.3. The maximum absolute atomic E-state index is 9.86. The van der Waals surface area contributed by atoms with Crippen molar-refractivity contribution in [1.82, 2.24) is 20.1 Å². The van der Waals surface area contributed by atoms with Crippen molar-refractivity contribution in [3.8, 4) is 6.07 Å². The normalized spacial score (nSPS) is 21.2. The second-order valence-electron chi connectivity index (χ2n) is 6.74. The lowest BCUT2D eigenvalue weighted by Crippen LogP contribution is -2.57. The van der Waals surface area contributed by atoms with E-state index < -0.39 is 0 Å². The molecule has 2 atom stereocenters. The number of nitrogens with zero attached hydrogens (tertiary/aromatic N) is 5. The van der Waals surface area contributed by atoms with Crippen LogP contribution in [0.5, 0.6) is 0 Å². The molecule has 9 nitrogen and oxygen atoms in total. The quantitative estimate of drug-likeness (QED) is 0.712. The SMILES string of the molecule is Cc1nc(CCNc2ncc(C#N)c(N[C@@H]3C[C@H](O)C3(C)C)n2)no1.[HH]. The van der Waals surface area contributed by atoms with Gasteiger partial charge in [0.25, 0.3) is 0 Å². The first-order valence-electron chi connectivity index (χ1n) is 8.15. The predicted molar refractivity (Wildman–Crippen MR) is 91.9 cm³/mol. The lowest BCUT2D eigenvalue weighted by molar-refractivity contribution is -0.0511. The van der Waals surface area contributed by atoms with Gasteiger partial charge in [-0.2, -0.15) is 15.2 Å². The van der Waals surface area contributed by atoms with Crippen LogP contribution in [0.2, 0.25) is 0 Å². The van der Waals surface area contributed by atoms with Gasteiger partial charge in [-0.15, -0.1) is 0 Å². The summed E-state index contributed by atoms with van der Waals surface area (Å²) in [4.78, 5) is 12.7. The molecule has 0 unspecified atom stereocenters. The van der Waals surface area contributed by atoms with E-state index in [1.807, 2.05) is 13.8 Å². The van der Waals surface area contributed by atoms with E-state index in [-0.39, 0.29) is 19.0 Å². The Hall–Kier alpha value is -2.73. The highest BCUT2D eigenvalue weighted by molar-refractivity contribution is 5.54. The Morgan fingerprint density at radius 1 is 1.48 bits per heavy atom. The molecule has 0 radical (unpaired) electrons. The number of anilines is 2. The van der Waals surface area contributed by atoms with Crippen LogP contribution < -0.4 is 10.6 Å². The number of aryl methyl sites for hydroxylation is 1. The Morgan fingerprint density at radius 3 is 2.88 bits per heavy atom. The largest absolute Gasteiger partial charge is 0.392 e. The van der Waals surface area contributed by atoms with Crippen molar-refractivity contribution in [2.24, 2.45) is 5.41 Å². The van der Waals surface area contributed by atoms with E-state index in [1.165, 1.54) is 6.20 Å². The molecule has 134 valence electrons. The summed E-state index contributed by atoms with van der Waals surface area (Å²) in [6.45, 7) is 6.25. The van der Waals surface area contributed by atoms with Gasteiger partial charge in [0.1, 0.15) is 17.5 Å². The van der Waals surface area contributed by atoms with E-state index in [1.54, 1.807) is 6.92 Å². The third kappa shape index (κ3) is 3.53. The Kier molecular flexibility index (Phi) is 4.55. The number of hydrogen-bond donors (Lipinski definition) is 3. The fraction of sp³-hybridized carbons (Fsp3) is 0.562. The molecule has 1 fully saturated rings. The van der Waals surface area contributed by atoms with Gasteiger partial charge in [0, 0.05) is 32.8 Å². The molecule has 0 amide bonds. The van der Waals surface area contributed by atoms with Crippen molar-refractivity contribution in [2.45, 2.75) is 45.8 Å². The van der Waals surface area contributed by atoms with Crippen LogP contribution in [0.25, 0.3) is 0 Å². The number of aromatic nitrogens is 4. The first-order valence-corrected chi connectivity index (χ1v) is 8.15. The molecule has 2 aromatic rings. The highest BCUT2D eigenvalue weighted by Gasteiger charge is 2.47. The minimum absolute atomic E-state index is 0. The zero-order chi connectivity index (χ0) is 18.0. The number of hydrogen-bond acceptors (Lipinski definition) is 9. The van der Waals surface area contributed by atoms with E-state index >= 15 is 0 Å². The van der Waals surface area contributed by atoms with Crippen LogP contribution in [0.15, 0.2) is 10.7 Å². The highest BCUT2D eigenvalue weighted by Crippen LogP contribution is 2.42. The summed E-state index contributed by atoms with van der Waals surface area (Å²) in [5.74, 6) is 2.03. The Labute approximate surface area is 147 Å². The van der Waals surface area contributed by atoms with Crippen molar-refractivity contribution >= 4 is 11.8 Å². The molecule has 0 aromatic carbocycles. The topological polar surface area (TPSA) is 133 Å². The highest BCUT2D eigenvalue weighted by atomic mass is 16.5. The van der Waals surface area contributed by atoms with Crippen molar-refractivity contribution in [1.29, 1.82) is 5.26 Å². The molecule has 0 spiro atoms. The van der Waals surface area contributed by atoms with Gasteiger partial charge in [0.05, 0.1) is 12.3 Å². The van der Waals surface area contributed by atoms with E-state index in [9.17, 15) is 10.4 Å².